The minimum absolute atomic E-state index is 0.0271. The van der Waals surface area contributed by atoms with Gasteiger partial charge in [0.1, 0.15) is 4.83 Å². The van der Waals surface area contributed by atoms with Gasteiger partial charge in [0.2, 0.25) is 0 Å². The van der Waals surface area contributed by atoms with Gasteiger partial charge in [-0.25, -0.2) is 4.98 Å². The molecule has 2 N–H and O–H groups in total. The fraction of sp³-hybridized carbons (Fsp3) is 0.0476. The summed E-state index contributed by atoms with van der Waals surface area (Å²) in [7, 11) is 0. The second-order valence-electron chi connectivity index (χ2n) is 5.87. The van der Waals surface area contributed by atoms with Crippen LogP contribution in [0.15, 0.2) is 66.7 Å². The SMILES string of the molecule is CC(=O)c1sc2nc(-c3ccccc3)cc(-c3ccccc3)c2c1N. The fourth-order valence-corrected chi connectivity index (χ4v) is 4.00. The van der Waals surface area contributed by atoms with E-state index in [9.17, 15) is 4.79 Å². The lowest BCUT2D eigenvalue weighted by atomic mass is 9.99. The fourth-order valence-electron chi connectivity index (χ4n) is 2.98. The van der Waals surface area contributed by atoms with Gasteiger partial charge in [0.05, 0.1) is 16.3 Å². The maximum atomic E-state index is 11.9. The maximum Gasteiger partial charge on any atom is 0.171 e. The second-order valence-corrected chi connectivity index (χ2v) is 6.87. The molecule has 2 heterocycles. The van der Waals surface area contributed by atoms with E-state index in [-0.39, 0.29) is 5.78 Å². The standard InChI is InChI=1S/C21H16N2OS/c1-13(24)20-19(22)18-16(14-8-4-2-5-9-14)12-17(23-21(18)25-20)15-10-6-3-7-11-15/h2-12H,22H2,1H3. The summed E-state index contributed by atoms with van der Waals surface area (Å²) in [6.07, 6.45) is 0. The Bertz CT molecular complexity index is 1070. The van der Waals surface area contributed by atoms with Crippen LogP contribution in [0.2, 0.25) is 0 Å². The van der Waals surface area contributed by atoms with Gasteiger partial charge in [-0.15, -0.1) is 11.3 Å². The summed E-state index contributed by atoms with van der Waals surface area (Å²) in [6, 6.07) is 22.2. The van der Waals surface area contributed by atoms with Crippen LogP contribution in [0.3, 0.4) is 0 Å². The molecule has 0 amide bonds. The van der Waals surface area contributed by atoms with Gasteiger partial charge in [-0.3, -0.25) is 4.79 Å². The van der Waals surface area contributed by atoms with Gasteiger partial charge in [0.25, 0.3) is 0 Å². The van der Waals surface area contributed by atoms with Crippen molar-refractivity contribution in [2.75, 3.05) is 5.73 Å². The quantitative estimate of drug-likeness (QED) is 0.505. The van der Waals surface area contributed by atoms with E-state index in [0.29, 0.717) is 10.6 Å². The van der Waals surface area contributed by atoms with Crippen LogP contribution in [0, 0.1) is 0 Å². The van der Waals surface area contributed by atoms with E-state index in [0.717, 1.165) is 32.6 Å². The van der Waals surface area contributed by atoms with Crippen LogP contribution < -0.4 is 5.73 Å². The molecule has 0 spiro atoms. The van der Waals surface area contributed by atoms with Crippen LogP contribution in [0.1, 0.15) is 16.6 Å². The Morgan fingerprint density at radius 1 is 0.960 bits per heavy atom. The van der Waals surface area contributed by atoms with Crippen molar-refractivity contribution in [2.45, 2.75) is 6.92 Å². The first kappa shape index (κ1) is 15.5. The molecule has 4 aromatic rings. The smallest absolute Gasteiger partial charge is 0.171 e. The highest BCUT2D eigenvalue weighted by atomic mass is 32.1. The van der Waals surface area contributed by atoms with E-state index in [4.69, 9.17) is 10.7 Å². The van der Waals surface area contributed by atoms with E-state index in [2.05, 4.69) is 6.07 Å². The molecule has 2 aromatic heterocycles. The molecular weight excluding hydrogens is 328 g/mol. The Kier molecular flexibility index (Phi) is 3.82. The van der Waals surface area contributed by atoms with Crippen molar-refractivity contribution < 1.29 is 4.79 Å². The molecular formula is C21H16N2OS. The number of hydrogen-bond donors (Lipinski definition) is 1. The summed E-state index contributed by atoms with van der Waals surface area (Å²) in [4.78, 5) is 18.1. The number of pyridine rings is 1. The first-order valence-electron chi connectivity index (χ1n) is 8.00. The normalized spacial score (nSPS) is 10.9. The van der Waals surface area contributed by atoms with E-state index in [1.54, 1.807) is 6.92 Å². The maximum absolute atomic E-state index is 11.9. The van der Waals surface area contributed by atoms with Gasteiger partial charge in [-0.1, -0.05) is 60.7 Å². The Labute approximate surface area is 149 Å². The average Bonchev–Trinajstić information content (AvgIpc) is 2.99. The van der Waals surface area contributed by atoms with Crippen LogP contribution in [0.4, 0.5) is 5.69 Å². The molecule has 0 atom stereocenters. The van der Waals surface area contributed by atoms with Gasteiger partial charge in [0, 0.05) is 17.9 Å². The van der Waals surface area contributed by atoms with Crippen molar-refractivity contribution in [1.82, 2.24) is 4.98 Å². The number of carbonyl (C=O) groups is 1. The van der Waals surface area contributed by atoms with Crippen molar-refractivity contribution in [3.05, 3.63) is 71.6 Å². The zero-order chi connectivity index (χ0) is 17.4. The molecule has 0 saturated carbocycles. The minimum Gasteiger partial charge on any atom is -0.397 e. The molecule has 2 aromatic carbocycles. The highest BCUT2D eigenvalue weighted by molar-refractivity contribution is 7.21. The third kappa shape index (κ3) is 2.71. The molecule has 0 unspecified atom stereocenters. The third-order valence-corrected chi connectivity index (χ3v) is 5.37. The number of fused-ring (bicyclic) bond motifs is 1. The number of Topliss-reactive ketones (excluding diaryl/α,β-unsaturated/α-hetero) is 1. The predicted molar refractivity (Wildman–Crippen MR) is 105 cm³/mol. The molecule has 4 rings (SSSR count). The van der Waals surface area contributed by atoms with Crippen molar-refractivity contribution in [3.8, 4) is 22.4 Å². The van der Waals surface area contributed by atoms with Crippen LogP contribution in [-0.2, 0) is 0 Å². The molecule has 122 valence electrons. The van der Waals surface area contributed by atoms with Gasteiger partial charge in [0.15, 0.2) is 5.78 Å². The summed E-state index contributed by atoms with van der Waals surface area (Å²) in [5.41, 5.74) is 10.8. The largest absolute Gasteiger partial charge is 0.397 e. The molecule has 3 nitrogen and oxygen atoms in total. The van der Waals surface area contributed by atoms with Gasteiger partial charge >= 0.3 is 0 Å². The molecule has 0 radical (unpaired) electrons. The Hall–Kier alpha value is -2.98. The summed E-state index contributed by atoms with van der Waals surface area (Å²) < 4.78 is 0. The molecule has 0 bridgehead atoms. The topological polar surface area (TPSA) is 56.0 Å². The molecule has 0 aliphatic rings. The highest BCUT2D eigenvalue weighted by Crippen LogP contribution is 2.41. The van der Waals surface area contributed by atoms with E-state index in [1.807, 2.05) is 60.7 Å². The predicted octanol–water partition coefficient (Wildman–Crippen LogP) is 5.42. The van der Waals surface area contributed by atoms with Crippen molar-refractivity contribution in [1.29, 1.82) is 0 Å². The van der Waals surface area contributed by atoms with Crippen LogP contribution in [0.5, 0.6) is 0 Å². The van der Waals surface area contributed by atoms with Crippen molar-refractivity contribution >= 4 is 33.0 Å². The van der Waals surface area contributed by atoms with E-state index in [1.165, 1.54) is 11.3 Å². The van der Waals surface area contributed by atoms with Gasteiger partial charge in [-0.05, 0) is 17.2 Å². The Balaban J connectivity index is 2.07. The number of thiophene rings is 1. The summed E-state index contributed by atoms with van der Waals surface area (Å²) in [5, 5.41) is 0.862. The number of benzene rings is 2. The second kappa shape index (κ2) is 6.15. The first-order chi connectivity index (χ1) is 12.1. The number of anilines is 1. The zero-order valence-corrected chi connectivity index (χ0v) is 14.5. The lowest BCUT2D eigenvalue weighted by Crippen LogP contribution is -1.95. The number of nitrogens with zero attached hydrogens (tertiary/aromatic N) is 1. The lowest BCUT2D eigenvalue weighted by Gasteiger charge is -2.08. The number of aromatic nitrogens is 1. The van der Waals surface area contributed by atoms with Crippen molar-refractivity contribution in [3.63, 3.8) is 0 Å². The third-order valence-electron chi connectivity index (χ3n) is 4.17. The average molecular weight is 344 g/mol. The highest BCUT2D eigenvalue weighted by Gasteiger charge is 2.19. The monoisotopic (exact) mass is 344 g/mol. The van der Waals surface area contributed by atoms with E-state index >= 15 is 0 Å². The molecule has 0 aliphatic carbocycles. The number of hydrogen-bond acceptors (Lipinski definition) is 4. The van der Waals surface area contributed by atoms with Crippen molar-refractivity contribution in [2.24, 2.45) is 0 Å². The van der Waals surface area contributed by atoms with Gasteiger partial charge in [-0.2, -0.15) is 0 Å². The Morgan fingerprint density at radius 2 is 1.56 bits per heavy atom. The number of rotatable bonds is 3. The number of nitrogens with two attached hydrogens (primary N) is 1. The molecule has 25 heavy (non-hydrogen) atoms. The summed E-state index contributed by atoms with van der Waals surface area (Å²) in [5.74, 6) is -0.0271. The summed E-state index contributed by atoms with van der Waals surface area (Å²) in [6.45, 7) is 1.54. The van der Waals surface area contributed by atoms with Crippen LogP contribution in [-0.4, -0.2) is 10.8 Å². The molecule has 0 aliphatic heterocycles. The Morgan fingerprint density at radius 3 is 2.16 bits per heavy atom. The molecule has 4 heteroatoms. The number of ketones is 1. The number of nitrogen functional groups attached to an aromatic ring is 1. The van der Waals surface area contributed by atoms with Gasteiger partial charge < -0.3 is 5.73 Å². The zero-order valence-electron chi connectivity index (χ0n) is 13.7. The lowest BCUT2D eigenvalue weighted by molar-refractivity contribution is 0.102. The number of carbonyl (C=O) groups excluding carboxylic acids is 1. The minimum atomic E-state index is -0.0271. The van der Waals surface area contributed by atoms with E-state index < -0.39 is 0 Å². The molecule has 0 saturated heterocycles. The first-order valence-corrected chi connectivity index (χ1v) is 8.81. The van der Waals surface area contributed by atoms with Crippen LogP contribution in [0.25, 0.3) is 32.6 Å². The van der Waals surface area contributed by atoms with Crippen LogP contribution >= 0.6 is 11.3 Å². The molecule has 0 fully saturated rings. The summed E-state index contributed by atoms with van der Waals surface area (Å²) >= 11 is 1.36.